The number of hydrogen-bond donors (Lipinski definition) is 4. The van der Waals surface area contributed by atoms with Crippen LogP contribution in [0.5, 0.6) is 11.5 Å². The standard InChI is InChI=1S/C36H40N6O10S/c1-24(33-38-19-8-20-39-33)40-34(49-21-22-50-35(43)26-13-11-25(12-14-26)23-51-42(44)45)31(52-30-10-7-6-9-29(30)48-5)32(37)41-53(46,47)28-17-15-27(16-18-28)36(2,3)4/h6-20,41,44-45H,1,21-23,37H2,2-5H3/b32-31-,40-34+. The summed E-state index contributed by atoms with van der Waals surface area (Å²) in [5.41, 5.74) is 7.90. The first-order chi connectivity index (χ1) is 25.2. The van der Waals surface area contributed by atoms with Crippen molar-refractivity contribution in [2.24, 2.45) is 10.7 Å². The highest BCUT2D eigenvalue weighted by Gasteiger charge is 2.25. The minimum atomic E-state index is -4.27. The number of esters is 1. The van der Waals surface area contributed by atoms with E-state index in [9.17, 15) is 13.2 Å². The van der Waals surface area contributed by atoms with Crippen molar-refractivity contribution in [3.63, 3.8) is 0 Å². The van der Waals surface area contributed by atoms with Gasteiger partial charge in [-0.3, -0.25) is 15.1 Å². The van der Waals surface area contributed by atoms with Gasteiger partial charge in [0, 0.05) is 12.4 Å². The molecule has 0 atom stereocenters. The molecule has 0 spiro atoms. The van der Waals surface area contributed by atoms with Crippen molar-refractivity contribution in [3.05, 3.63) is 132 Å². The molecule has 4 rings (SSSR count). The van der Waals surface area contributed by atoms with Crippen LogP contribution >= 0.6 is 0 Å². The topological polar surface area (TPSA) is 217 Å². The lowest BCUT2D eigenvalue weighted by Crippen LogP contribution is -2.33. The van der Waals surface area contributed by atoms with Crippen LogP contribution in [-0.4, -0.2) is 66.4 Å². The van der Waals surface area contributed by atoms with Gasteiger partial charge in [-0.15, -0.1) is 0 Å². The highest BCUT2D eigenvalue weighted by Crippen LogP contribution is 2.29. The summed E-state index contributed by atoms with van der Waals surface area (Å²) in [6.45, 7) is 9.18. The summed E-state index contributed by atoms with van der Waals surface area (Å²) in [5, 5.41) is 17.0. The fraction of sp³-hybridized carbons (Fsp3) is 0.222. The zero-order valence-corrected chi connectivity index (χ0v) is 30.2. The van der Waals surface area contributed by atoms with E-state index < -0.39 is 27.2 Å². The molecule has 0 amide bonds. The Hall–Kier alpha value is -5.85. The van der Waals surface area contributed by atoms with Gasteiger partial charge >= 0.3 is 5.97 Å². The quantitative estimate of drug-likeness (QED) is 0.0305. The van der Waals surface area contributed by atoms with Crippen molar-refractivity contribution in [1.82, 2.24) is 20.1 Å². The maximum atomic E-state index is 13.6. The van der Waals surface area contributed by atoms with E-state index in [-0.39, 0.29) is 70.4 Å². The maximum Gasteiger partial charge on any atom is 0.338 e. The minimum Gasteiger partial charge on any atom is -0.493 e. The Balaban J connectivity index is 1.66. The molecule has 0 aliphatic heterocycles. The summed E-state index contributed by atoms with van der Waals surface area (Å²) < 4.78 is 52.4. The number of sulfonamides is 1. The molecule has 16 nitrogen and oxygen atoms in total. The lowest BCUT2D eigenvalue weighted by atomic mass is 9.87. The van der Waals surface area contributed by atoms with Crippen LogP contribution in [0.1, 0.15) is 48.1 Å². The maximum absolute atomic E-state index is 13.6. The van der Waals surface area contributed by atoms with Crippen molar-refractivity contribution < 1.29 is 47.4 Å². The second-order valence-electron chi connectivity index (χ2n) is 12.0. The summed E-state index contributed by atoms with van der Waals surface area (Å²) in [6.07, 6.45) is 2.96. The van der Waals surface area contributed by atoms with Crippen LogP contribution in [0.4, 0.5) is 0 Å². The van der Waals surface area contributed by atoms with Gasteiger partial charge in [-0.1, -0.05) is 63.7 Å². The van der Waals surface area contributed by atoms with Crippen LogP contribution in [-0.2, 0) is 36.4 Å². The highest BCUT2D eigenvalue weighted by molar-refractivity contribution is 7.89. The number of carbonyl (C=O) groups is 1. The molecular weight excluding hydrogens is 708 g/mol. The molecule has 0 saturated carbocycles. The molecule has 0 unspecified atom stereocenters. The SMILES string of the molecule is C=C(/N=C(OCCOC(=O)c1ccc(CON(O)O)cc1)\C(Oc1ccccc1OC)=C(/N)NS(=O)(=O)c1ccc(C(C)(C)C)cc1)c1ncccn1. The molecular formula is C36H40N6O10S. The molecule has 4 aromatic rings. The van der Waals surface area contributed by atoms with Crippen LogP contribution in [0.15, 0.2) is 119 Å². The molecule has 0 radical (unpaired) electrons. The molecule has 0 aliphatic rings. The normalized spacial score (nSPS) is 12.5. The molecule has 1 heterocycles. The summed E-state index contributed by atoms with van der Waals surface area (Å²) in [6, 6.07) is 20.5. The molecule has 5 N–H and O–H groups in total. The van der Waals surface area contributed by atoms with Gasteiger partial charge in [0.1, 0.15) is 18.9 Å². The van der Waals surface area contributed by atoms with E-state index in [0.29, 0.717) is 5.56 Å². The summed E-state index contributed by atoms with van der Waals surface area (Å²) >= 11 is 0. The van der Waals surface area contributed by atoms with E-state index in [1.165, 1.54) is 55.9 Å². The summed E-state index contributed by atoms with van der Waals surface area (Å²) in [7, 11) is -2.85. The van der Waals surface area contributed by atoms with Crippen LogP contribution in [0.2, 0.25) is 0 Å². The van der Waals surface area contributed by atoms with Crippen LogP contribution < -0.4 is 19.9 Å². The second-order valence-corrected chi connectivity index (χ2v) is 13.7. The van der Waals surface area contributed by atoms with Gasteiger partial charge in [0.2, 0.25) is 5.76 Å². The average molecular weight is 749 g/mol. The monoisotopic (exact) mass is 748 g/mol. The predicted molar refractivity (Wildman–Crippen MR) is 192 cm³/mol. The number of ether oxygens (including phenoxy) is 4. The molecule has 0 bridgehead atoms. The van der Waals surface area contributed by atoms with Gasteiger partial charge in [-0.05, 0) is 59.0 Å². The van der Waals surface area contributed by atoms with E-state index in [2.05, 4.69) is 31.1 Å². The van der Waals surface area contributed by atoms with Crippen molar-refractivity contribution in [2.75, 3.05) is 20.3 Å². The Bertz CT molecular complexity index is 2030. The zero-order valence-electron chi connectivity index (χ0n) is 29.4. The number of nitrogens with two attached hydrogens (primary N) is 1. The first-order valence-corrected chi connectivity index (χ1v) is 17.3. The summed E-state index contributed by atoms with van der Waals surface area (Å²) in [4.78, 5) is 30.0. The third-order valence-corrected chi connectivity index (χ3v) is 8.53. The van der Waals surface area contributed by atoms with E-state index >= 15 is 0 Å². The van der Waals surface area contributed by atoms with Gasteiger partial charge in [0.05, 0.1) is 29.6 Å². The van der Waals surface area contributed by atoms with Crippen molar-refractivity contribution >= 4 is 27.6 Å². The third kappa shape index (κ3) is 11.6. The number of hydrogen-bond acceptors (Lipinski definition) is 15. The molecule has 17 heteroatoms. The smallest absolute Gasteiger partial charge is 0.338 e. The molecule has 0 aliphatic carbocycles. The van der Waals surface area contributed by atoms with Gasteiger partial charge in [-0.2, -0.15) is 0 Å². The Labute approximate surface area is 306 Å². The number of nitrogens with zero attached hydrogens (tertiary/aromatic N) is 4. The van der Waals surface area contributed by atoms with E-state index in [4.69, 9.17) is 35.1 Å². The average Bonchev–Trinajstić information content (AvgIpc) is 3.14. The van der Waals surface area contributed by atoms with E-state index in [0.717, 1.165) is 5.56 Å². The Morgan fingerprint density at radius 1 is 0.925 bits per heavy atom. The predicted octanol–water partition coefficient (Wildman–Crippen LogP) is 4.72. The molecule has 280 valence electrons. The van der Waals surface area contributed by atoms with E-state index in [1.807, 2.05) is 20.8 Å². The number of benzene rings is 3. The van der Waals surface area contributed by atoms with Gasteiger partial charge in [0.25, 0.3) is 15.9 Å². The second kappa shape index (κ2) is 18.1. The first kappa shape index (κ1) is 39.9. The Kier molecular flexibility index (Phi) is 13.6. The Morgan fingerprint density at radius 3 is 2.15 bits per heavy atom. The molecule has 0 fully saturated rings. The van der Waals surface area contributed by atoms with Crippen LogP contribution in [0, 0.1) is 0 Å². The number of rotatable bonds is 16. The van der Waals surface area contributed by atoms with E-state index in [1.54, 1.807) is 42.5 Å². The van der Waals surface area contributed by atoms with Gasteiger partial charge < -0.3 is 24.7 Å². The Morgan fingerprint density at radius 2 is 1.55 bits per heavy atom. The lowest BCUT2D eigenvalue weighted by Gasteiger charge is -2.20. The zero-order chi connectivity index (χ0) is 38.6. The van der Waals surface area contributed by atoms with Crippen molar-refractivity contribution in [2.45, 2.75) is 37.7 Å². The number of carbonyl (C=O) groups excluding carboxylic acids is 1. The molecule has 3 aromatic carbocycles. The largest absolute Gasteiger partial charge is 0.493 e. The molecule has 1 aromatic heterocycles. The number of para-hydroxylation sites is 2. The number of aromatic nitrogens is 2. The molecule has 53 heavy (non-hydrogen) atoms. The fourth-order valence-corrected chi connectivity index (χ4v) is 5.40. The number of methoxy groups -OCH3 is 1. The van der Waals surface area contributed by atoms with Gasteiger partial charge in [-0.25, -0.2) is 33.0 Å². The van der Waals surface area contributed by atoms with Crippen molar-refractivity contribution in [3.8, 4) is 11.5 Å². The van der Waals surface area contributed by atoms with Crippen molar-refractivity contribution in [1.29, 1.82) is 0 Å². The third-order valence-electron chi connectivity index (χ3n) is 7.15. The molecule has 0 saturated heterocycles. The fourth-order valence-electron chi connectivity index (χ4n) is 4.41. The summed E-state index contributed by atoms with van der Waals surface area (Å²) in [5.74, 6) is -1.42. The van der Waals surface area contributed by atoms with Crippen LogP contribution in [0.3, 0.4) is 0 Å². The number of aliphatic imine (C=N–C) groups is 1. The first-order valence-electron chi connectivity index (χ1n) is 15.9. The minimum absolute atomic E-state index is 0.00161. The highest BCUT2D eigenvalue weighted by atomic mass is 32.2. The van der Waals surface area contributed by atoms with Crippen LogP contribution in [0.25, 0.3) is 5.70 Å². The lowest BCUT2D eigenvalue weighted by molar-refractivity contribution is -0.497. The van der Waals surface area contributed by atoms with Gasteiger partial charge in [0.15, 0.2) is 23.1 Å². The number of nitrogens with one attached hydrogen (secondary N) is 1.